The number of rotatable bonds is 8. The summed E-state index contributed by atoms with van der Waals surface area (Å²) < 4.78 is 92.7. The maximum atomic E-state index is 15.4. The first-order chi connectivity index (χ1) is 19.6. The van der Waals surface area contributed by atoms with Crippen molar-refractivity contribution in [1.82, 2.24) is 14.5 Å². The van der Waals surface area contributed by atoms with Crippen LogP contribution in [0.3, 0.4) is 0 Å². The number of nitrogens with zero attached hydrogens (tertiary/aromatic N) is 3. The standard InChI is InChI=1S/C27H18F4N4O5S/c1-39-24-11-20(15-3-2-4-18(9-15)40-26(30)31)21(29)12-23(24)35-22-7-6-19(10-16(22)5-8-25(35)36)41(37,38)34-27-32-13-17(28)14-33-27/h2-14,26H,1H3,(H,32,33,34). The Morgan fingerprint density at radius 2 is 1.71 bits per heavy atom. The molecular formula is C27H18F4N4O5S. The first-order valence-corrected chi connectivity index (χ1v) is 13.1. The number of ether oxygens (including phenoxy) is 2. The molecule has 210 valence electrons. The summed E-state index contributed by atoms with van der Waals surface area (Å²) in [4.78, 5) is 19.9. The Labute approximate surface area is 229 Å². The van der Waals surface area contributed by atoms with Gasteiger partial charge in [-0.1, -0.05) is 12.1 Å². The van der Waals surface area contributed by atoms with Crippen LogP contribution in [0.4, 0.5) is 23.5 Å². The quantitative estimate of drug-likeness (QED) is 0.251. The molecule has 0 spiro atoms. The second-order valence-corrected chi connectivity index (χ2v) is 10.2. The number of fused-ring (bicyclic) bond motifs is 1. The third-order valence-electron chi connectivity index (χ3n) is 5.90. The van der Waals surface area contributed by atoms with Crippen LogP contribution in [0.2, 0.25) is 0 Å². The van der Waals surface area contributed by atoms with Crippen molar-refractivity contribution in [2.24, 2.45) is 0 Å². The lowest BCUT2D eigenvalue weighted by atomic mass is 10.0. The third-order valence-corrected chi connectivity index (χ3v) is 7.23. The van der Waals surface area contributed by atoms with E-state index in [0.29, 0.717) is 5.39 Å². The van der Waals surface area contributed by atoms with Crippen molar-refractivity contribution in [3.05, 3.63) is 101 Å². The van der Waals surface area contributed by atoms with Gasteiger partial charge in [-0.2, -0.15) is 8.78 Å². The number of benzene rings is 3. The average Bonchev–Trinajstić information content (AvgIpc) is 2.93. The van der Waals surface area contributed by atoms with Gasteiger partial charge >= 0.3 is 6.61 Å². The maximum Gasteiger partial charge on any atom is 0.387 e. The van der Waals surface area contributed by atoms with Crippen LogP contribution in [0.5, 0.6) is 11.5 Å². The Morgan fingerprint density at radius 1 is 0.951 bits per heavy atom. The SMILES string of the molecule is COc1cc(-c2cccc(OC(F)F)c2)c(F)cc1-n1c(=O)ccc2cc(S(=O)(=O)Nc3ncc(F)cn3)ccc21. The van der Waals surface area contributed by atoms with Gasteiger partial charge < -0.3 is 9.47 Å². The molecule has 2 heterocycles. The molecule has 1 N–H and O–H groups in total. The van der Waals surface area contributed by atoms with E-state index in [1.165, 1.54) is 67.8 Å². The summed E-state index contributed by atoms with van der Waals surface area (Å²) >= 11 is 0. The van der Waals surface area contributed by atoms with Gasteiger partial charge in [0.15, 0.2) is 5.82 Å². The number of alkyl halides is 2. The Bertz CT molecular complexity index is 1930. The molecule has 5 rings (SSSR count). The largest absolute Gasteiger partial charge is 0.495 e. The Balaban J connectivity index is 1.58. The van der Waals surface area contributed by atoms with Gasteiger partial charge in [0.2, 0.25) is 5.95 Å². The molecule has 0 amide bonds. The van der Waals surface area contributed by atoms with E-state index < -0.39 is 33.8 Å². The van der Waals surface area contributed by atoms with Gasteiger partial charge in [-0.3, -0.25) is 9.36 Å². The van der Waals surface area contributed by atoms with E-state index >= 15 is 4.39 Å². The molecule has 9 nitrogen and oxygen atoms in total. The van der Waals surface area contributed by atoms with Gasteiger partial charge in [-0.25, -0.2) is 31.9 Å². The number of hydrogen-bond acceptors (Lipinski definition) is 7. The number of hydrogen-bond donors (Lipinski definition) is 1. The van der Waals surface area contributed by atoms with Gasteiger partial charge in [0.05, 0.1) is 35.6 Å². The van der Waals surface area contributed by atoms with E-state index in [-0.39, 0.29) is 44.7 Å². The van der Waals surface area contributed by atoms with Crippen LogP contribution in [0, 0.1) is 11.6 Å². The summed E-state index contributed by atoms with van der Waals surface area (Å²) in [7, 11) is -2.89. The normalized spacial score (nSPS) is 11.6. The molecule has 0 aliphatic heterocycles. The van der Waals surface area contributed by atoms with Crippen molar-refractivity contribution < 1.29 is 35.5 Å². The monoisotopic (exact) mass is 586 g/mol. The summed E-state index contributed by atoms with van der Waals surface area (Å²) in [6.45, 7) is -3.06. The number of sulfonamides is 1. The zero-order valence-corrected chi connectivity index (χ0v) is 21.7. The molecule has 3 aromatic carbocycles. The van der Waals surface area contributed by atoms with Crippen molar-refractivity contribution >= 4 is 26.9 Å². The van der Waals surface area contributed by atoms with E-state index in [2.05, 4.69) is 19.4 Å². The van der Waals surface area contributed by atoms with Crippen molar-refractivity contribution in [3.8, 4) is 28.3 Å². The molecule has 41 heavy (non-hydrogen) atoms. The van der Waals surface area contributed by atoms with E-state index in [0.717, 1.165) is 23.0 Å². The molecule has 0 atom stereocenters. The number of pyridine rings is 1. The highest BCUT2D eigenvalue weighted by atomic mass is 32.2. The zero-order valence-electron chi connectivity index (χ0n) is 20.9. The minimum absolute atomic E-state index is 0.000989. The molecule has 0 bridgehead atoms. The lowest BCUT2D eigenvalue weighted by Crippen LogP contribution is -2.19. The number of aromatic nitrogens is 3. The predicted molar refractivity (Wildman–Crippen MR) is 141 cm³/mol. The van der Waals surface area contributed by atoms with Crippen LogP contribution >= 0.6 is 0 Å². The number of nitrogens with one attached hydrogen (secondary N) is 1. The molecule has 2 aromatic heterocycles. The fourth-order valence-electron chi connectivity index (χ4n) is 4.13. The summed E-state index contributed by atoms with van der Waals surface area (Å²) in [5, 5.41) is 0.302. The number of anilines is 1. The molecule has 14 heteroatoms. The molecule has 0 saturated carbocycles. The van der Waals surface area contributed by atoms with Crippen LogP contribution in [-0.4, -0.2) is 36.7 Å². The zero-order chi connectivity index (χ0) is 29.3. The predicted octanol–water partition coefficient (Wildman–Crippen LogP) is 5.14. The van der Waals surface area contributed by atoms with Gasteiger partial charge in [0.25, 0.3) is 15.6 Å². The molecule has 0 unspecified atom stereocenters. The minimum atomic E-state index is -4.20. The summed E-state index contributed by atoms with van der Waals surface area (Å²) in [5.41, 5.74) is -0.0990. The highest BCUT2D eigenvalue weighted by Crippen LogP contribution is 2.35. The third kappa shape index (κ3) is 5.68. The molecule has 0 fully saturated rings. The van der Waals surface area contributed by atoms with Crippen molar-refractivity contribution in [1.29, 1.82) is 0 Å². The fourth-order valence-corrected chi connectivity index (χ4v) is 5.12. The summed E-state index contributed by atoms with van der Waals surface area (Å²) in [6.07, 6.45) is 1.60. The highest BCUT2D eigenvalue weighted by Gasteiger charge is 2.20. The Morgan fingerprint density at radius 3 is 2.41 bits per heavy atom. The fraction of sp³-hybridized carbons (Fsp3) is 0.0741. The van der Waals surface area contributed by atoms with Gasteiger partial charge in [-0.05, 0) is 48.0 Å². The summed E-state index contributed by atoms with van der Waals surface area (Å²) in [6, 6.07) is 14.2. The van der Waals surface area contributed by atoms with Crippen LogP contribution in [0.25, 0.3) is 27.7 Å². The van der Waals surface area contributed by atoms with E-state index in [9.17, 15) is 26.4 Å². The van der Waals surface area contributed by atoms with Gasteiger partial charge in [0.1, 0.15) is 17.3 Å². The molecule has 5 aromatic rings. The maximum absolute atomic E-state index is 15.4. The molecule has 0 radical (unpaired) electrons. The highest BCUT2D eigenvalue weighted by molar-refractivity contribution is 7.92. The van der Waals surface area contributed by atoms with E-state index in [1.54, 1.807) is 0 Å². The molecule has 0 aliphatic carbocycles. The first kappa shape index (κ1) is 27.6. The molecular weight excluding hydrogens is 568 g/mol. The van der Waals surface area contributed by atoms with Crippen LogP contribution < -0.4 is 19.8 Å². The van der Waals surface area contributed by atoms with Crippen molar-refractivity contribution in [3.63, 3.8) is 0 Å². The Kier molecular flexibility index (Phi) is 7.32. The molecule has 0 saturated heterocycles. The lowest BCUT2D eigenvalue weighted by molar-refractivity contribution is -0.0498. The van der Waals surface area contributed by atoms with Gasteiger partial charge in [-0.15, -0.1) is 0 Å². The molecule has 0 aliphatic rings. The first-order valence-electron chi connectivity index (χ1n) is 11.6. The van der Waals surface area contributed by atoms with Gasteiger partial charge in [0, 0.05) is 23.1 Å². The topological polar surface area (TPSA) is 112 Å². The van der Waals surface area contributed by atoms with Crippen LogP contribution in [0.15, 0.2) is 88.8 Å². The second-order valence-electron chi connectivity index (χ2n) is 8.47. The smallest absolute Gasteiger partial charge is 0.387 e. The second kappa shape index (κ2) is 10.9. The number of methoxy groups -OCH3 is 1. The van der Waals surface area contributed by atoms with Crippen LogP contribution in [0.1, 0.15) is 0 Å². The van der Waals surface area contributed by atoms with E-state index in [4.69, 9.17) is 4.74 Å². The van der Waals surface area contributed by atoms with Crippen molar-refractivity contribution in [2.45, 2.75) is 11.5 Å². The minimum Gasteiger partial charge on any atom is -0.495 e. The Hall–Kier alpha value is -4.98. The average molecular weight is 587 g/mol. The lowest BCUT2D eigenvalue weighted by Gasteiger charge is -2.17. The number of halogens is 4. The van der Waals surface area contributed by atoms with E-state index in [1.807, 2.05) is 0 Å². The van der Waals surface area contributed by atoms with Crippen LogP contribution in [-0.2, 0) is 10.0 Å². The summed E-state index contributed by atoms with van der Waals surface area (Å²) in [5.74, 6) is -1.98. The van der Waals surface area contributed by atoms with Crippen molar-refractivity contribution in [2.75, 3.05) is 11.8 Å².